The SMILES string of the molecule is CSc1cccc(NC2CCC(C(=O)O)CC2)c1C#N. The van der Waals surface area contributed by atoms with Crippen molar-refractivity contribution in [1.29, 1.82) is 5.26 Å². The van der Waals surface area contributed by atoms with Crippen molar-refractivity contribution in [1.82, 2.24) is 0 Å². The molecule has 0 unspecified atom stereocenters. The van der Waals surface area contributed by atoms with Gasteiger partial charge in [0.05, 0.1) is 17.2 Å². The molecule has 5 heteroatoms. The van der Waals surface area contributed by atoms with Crippen molar-refractivity contribution in [3.63, 3.8) is 0 Å². The molecule has 1 aliphatic rings. The van der Waals surface area contributed by atoms with Crippen molar-refractivity contribution >= 4 is 23.4 Å². The van der Waals surface area contributed by atoms with Crippen LogP contribution in [-0.4, -0.2) is 23.4 Å². The number of thioether (sulfide) groups is 1. The molecule has 0 amide bonds. The Morgan fingerprint density at radius 2 is 2.10 bits per heavy atom. The molecule has 2 N–H and O–H groups in total. The second kappa shape index (κ2) is 6.67. The number of nitrogens with one attached hydrogen (secondary N) is 1. The highest BCUT2D eigenvalue weighted by atomic mass is 32.2. The van der Waals surface area contributed by atoms with Crippen LogP contribution in [-0.2, 0) is 4.79 Å². The number of nitrogens with zero attached hydrogens (tertiary/aromatic N) is 1. The molecule has 4 nitrogen and oxygen atoms in total. The van der Waals surface area contributed by atoms with E-state index in [1.54, 1.807) is 11.8 Å². The molecule has 0 bridgehead atoms. The summed E-state index contributed by atoms with van der Waals surface area (Å²) in [6.07, 6.45) is 5.04. The molecule has 106 valence electrons. The van der Waals surface area contributed by atoms with Gasteiger partial charge in [0, 0.05) is 10.9 Å². The summed E-state index contributed by atoms with van der Waals surface area (Å²) in [5.74, 6) is -0.897. The molecule has 2 rings (SSSR count). The standard InChI is InChI=1S/C15H18N2O2S/c1-20-14-4-2-3-13(12(14)9-16)17-11-7-5-10(6-8-11)15(18)19/h2-4,10-11,17H,5-8H2,1H3,(H,18,19). The van der Waals surface area contributed by atoms with E-state index in [0.717, 1.165) is 23.4 Å². The van der Waals surface area contributed by atoms with Crippen molar-refractivity contribution in [2.75, 3.05) is 11.6 Å². The summed E-state index contributed by atoms with van der Waals surface area (Å²) < 4.78 is 0. The Morgan fingerprint density at radius 1 is 1.40 bits per heavy atom. The number of benzene rings is 1. The Bertz CT molecular complexity index is 531. The quantitative estimate of drug-likeness (QED) is 0.832. The summed E-state index contributed by atoms with van der Waals surface area (Å²) in [6.45, 7) is 0. The van der Waals surface area contributed by atoms with Gasteiger partial charge >= 0.3 is 5.97 Å². The number of nitriles is 1. The van der Waals surface area contributed by atoms with E-state index in [4.69, 9.17) is 5.11 Å². The van der Waals surface area contributed by atoms with Gasteiger partial charge < -0.3 is 10.4 Å². The summed E-state index contributed by atoms with van der Waals surface area (Å²) in [5, 5.41) is 21.7. The first-order chi connectivity index (χ1) is 9.65. The second-order valence-corrected chi connectivity index (χ2v) is 5.87. The zero-order valence-electron chi connectivity index (χ0n) is 11.4. The Balaban J connectivity index is 2.05. The van der Waals surface area contributed by atoms with Crippen LogP contribution < -0.4 is 5.32 Å². The van der Waals surface area contributed by atoms with Gasteiger partial charge in [0.2, 0.25) is 0 Å². The van der Waals surface area contributed by atoms with Crippen molar-refractivity contribution in [2.45, 2.75) is 36.6 Å². The monoisotopic (exact) mass is 290 g/mol. The molecule has 1 fully saturated rings. The van der Waals surface area contributed by atoms with Crippen LogP contribution in [0.15, 0.2) is 23.1 Å². The molecule has 0 aromatic heterocycles. The first kappa shape index (κ1) is 14.7. The molecule has 0 radical (unpaired) electrons. The summed E-state index contributed by atoms with van der Waals surface area (Å²) >= 11 is 1.56. The summed E-state index contributed by atoms with van der Waals surface area (Å²) in [5.41, 5.74) is 1.54. The molecule has 0 saturated heterocycles. The van der Waals surface area contributed by atoms with Crippen LogP contribution in [0.3, 0.4) is 0 Å². The fourth-order valence-electron chi connectivity index (χ4n) is 2.64. The van der Waals surface area contributed by atoms with Crippen LogP contribution in [0.25, 0.3) is 0 Å². The number of hydrogen-bond acceptors (Lipinski definition) is 4. The van der Waals surface area contributed by atoms with Gasteiger partial charge in [-0.25, -0.2) is 0 Å². The van der Waals surface area contributed by atoms with Crippen LogP contribution in [0.4, 0.5) is 5.69 Å². The lowest BCUT2D eigenvalue weighted by Gasteiger charge is -2.28. The highest BCUT2D eigenvalue weighted by Gasteiger charge is 2.26. The highest BCUT2D eigenvalue weighted by Crippen LogP contribution is 2.30. The van der Waals surface area contributed by atoms with Crippen LogP contribution in [0.5, 0.6) is 0 Å². The average molecular weight is 290 g/mol. The number of aliphatic carboxylic acids is 1. The van der Waals surface area contributed by atoms with Gasteiger partial charge in [-0.1, -0.05) is 6.07 Å². The molecule has 0 heterocycles. The molecule has 1 saturated carbocycles. The Morgan fingerprint density at radius 3 is 2.65 bits per heavy atom. The minimum atomic E-state index is -0.689. The normalized spacial score (nSPS) is 22.0. The van der Waals surface area contributed by atoms with E-state index in [1.165, 1.54) is 0 Å². The largest absolute Gasteiger partial charge is 0.481 e. The molecule has 0 atom stereocenters. The van der Waals surface area contributed by atoms with Crippen LogP contribution in [0.2, 0.25) is 0 Å². The molecule has 1 aromatic rings. The molecule has 1 aliphatic carbocycles. The Hall–Kier alpha value is -1.67. The number of rotatable bonds is 4. The van der Waals surface area contributed by atoms with Crippen molar-refractivity contribution in [2.24, 2.45) is 5.92 Å². The zero-order valence-corrected chi connectivity index (χ0v) is 12.2. The smallest absolute Gasteiger partial charge is 0.306 e. The highest BCUT2D eigenvalue weighted by molar-refractivity contribution is 7.98. The van der Waals surface area contributed by atoms with E-state index in [2.05, 4.69) is 11.4 Å². The minimum Gasteiger partial charge on any atom is -0.481 e. The average Bonchev–Trinajstić information content (AvgIpc) is 2.47. The lowest BCUT2D eigenvalue weighted by molar-refractivity contribution is -0.142. The van der Waals surface area contributed by atoms with E-state index in [-0.39, 0.29) is 12.0 Å². The van der Waals surface area contributed by atoms with Crippen molar-refractivity contribution in [3.05, 3.63) is 23.8 Å². The van der Waals surface area contributed by atoms with E-state index in [0.29, 0.717) is 18.4 Å². The lowest BCUT2D eigenvalue weighted by Crippen LogP contribution is -2.29. The number of carboxylic acids is 1. The van der Waals surface area contributed by atoms with Gasteiger partial charge in [-0.15, -0.1) is 11.8 Å². The van der Waals surface area contributed by atoms with Crippen molar-refractivity contribution in [3.8, 4) is 6.07 Å². The molecular weight excluding hydrogens is 272 g/mol. The third-order valence-corrected chi connectivity index (χ3v) is 4.57. The van der Waals surface area contributed by atoms with Crippen LogP contribution >= 0.6 is 11.8 Å². The van der Waals surface area contributed by atoms with Crippen LogP contribution in [0.1, 0.15) is 31.2 Å². The molecule has 0 aliphatic heterocycles. The number of hydrogen-bond donors (Lipinski definition) is 2. The number of carboxylic acid groups (broad SMARTS) is 1. The van der Waals surface area contributed by atoms with Gasteiger partial charge in [0.1, 0.15) is 6.07 Å². The third kappa shape index (κ3) is 3.26. The van der Waals surface area contributed by atoms with Gasteiger partial charge in [0.25, 0.3) is 0 Å². The van der Waals surface area contributed by atoms with E-state index in [9.17, 15) is 10.1 Å². The van der Waals surface area contributed by atoms with Gasteiger partial charge in [0.15, 0.2) is 0 Å². The van der Waals surface area contributed by atoms with Crippen molar-refractivity contribution < 1.29 is 9.90 Å². The second-order valence-electron chi connectivity index (χ2n) is 5.03. The Kier molecular flexibility index (Phi) is 4.91. The van der Waals surface area contributed by atoms with Crippen LogP contribution in [0, 0.1) is 17.2 Å². The fourth-order valence-corrected chi connectivity index (χ4v) is 3.22. The number of carbonyl (C=O) groups is 1. The summed E-state index contributed by atoms with van der Waals surface area (Å²) in [7, 11) is 0. The number of anilines is 1. The predicted molar refractivity (Wildman–Crippen MR) is 79.9 cm³/mol. The molecule has 1 aromatic carbocycles. The molecular formula is C15H18N2O2S. The Labute approximate surface area is 123 Å². The first-order valence-electron chi connectivity index (χ1n) is 6.72. The maximum atomic E-state index is 10.9. The summed E-state index contributed by atoms with van der Waals surface area (Å²) in [4.78, 5) is 11.9. The molecule has 0 spiro atoms. The van der Waals surface area contributed by atoms with E-state index < -0.39 is 5.97 Å². The van der Waals surface area contributed by atoms with E-state index in [1.807, 2.05) is 24.5 Å². The first-order valence-corrected chi connectivity index (χ1v) is 7.94. The third-order valence-electron chi connectivity index (χ3n) is 3.79. The lowest BCUT2D eigenvalue weighted by atomic mass is 9.86. The predicted octanol–water partition coefficient (Wildman–Crippen LogP) is 3.34. The van der Waals surface area contributed by atoms with E-state index >= 15 is 0 Å². The van der Waals surface area contributed by atoms with Gasteiger partial charge in [-0.2, -0.15) is 5.26 Å². The zero-order chi connectivity index (χ0) is 14.5. The maximum Gasteiger partial charge on any atom is 0.306 e. The van der Waals surface area contributed by atoms with Gasteiger partial charge in [-0.05, 0) is 44.1 Å². The minimum absolute atomic E-state index is 0.207. The topological polar surface area (TPSA) is 73.1 Å². The maximum absolute atomic E-state index is 10.9. The summed E-state index contributed by atoms with van der Waals surface area (Å²) in [6, 6.07) is 8.31. The fraction of sp³-hybridized carbons (Fsp3) is 0.467. The van der Waals surface area contributed by atoms with Gasteiger partial charge in [-0.3, -0.25) is 4.79 Å². The molecule has 20 heavy (non-hydrogen) atoms.